The molecule has 16 heavy (non-hydrogen) atoms. The maximum absolute atomic E-state index is 5.85. The van der Waals surface area contributed by atoms with Crippen molar-refractivity contribution in [1.29, 1.82) is 0 Å². The first-order valence-electron chi connectivity index (χ1n) is 5.90. The van der Waals surface area contributed by atoms with Crippen molar-refractivity contribution in [3.05, 3.63) is 24.3 Å². The van der Waals surface area contributed by atoms with Crippen LogP contribution >= 0.6 is 11.8 Å². The highest BCUT2D eigenvalue weighted by atomic mass is 32.2. The zero-order valence-corrected chi connectivity index (χ0v) is 10.6. The first-order valence-corrected chi connectivity index (χ1v) is 6.71. The normalized spacial score (nSPS) is 17.9. The molecule has 88 valence electrons. The lowest BCUT2D eigenvalue weighted by atomic mass is 9.84. The van der Waals surface area contributed by atoms with Crippen molar-refractivity contribution in [3.63, 3.8) is 0 Å². The summed E-state index contributed by atoms with van der Waals surface area (Å²) in [6.45, 7) is 3.50. The van der Waals surface area contributed by atoms with Gasteiger partial charge in [-0.25, -0.2) is 0 Å². The van der Waals surface area contributed by atoms with Gasteiger partial charge in [-0.1, -0.05) is 6.42 Å². The zero-order valence-electron chi connectivity index (χ0n) is 9.74. The molecule has 2 N–H and O–H groups in total. The zero-order chi connectivity index (χ0) is 11.4. The average Bonchev–Trinajstić information content (AvgIpc) is 2.26. The second-order valence-electron chi connectivity index (χ2n) is 4.25. The van der Waals surface area contributed by atoms with E-state index in [0.717, 1.165) is 18.9 Å². The Morgan fingerprint density at radius 1 is 1.31 bits per heavy atom. The summed E-state index contributed by atoms with van der Waals surface area (Å²) in [6.07, 6.45) is 3.82. The topological polar surface area (TPSA) is 35.2 Å². The molecule has 2 nitrogen and oxygen atoms in total. The molecule has 0 amide bonds. The molecular formula is C13H19NOS. The van der Waals surface area contributed by atoms with Crippen LogP contribution in [0.2, 0.25) is 0 Å². The lowest BCUT2D eigenvalue weighted by Gasteiger charge is -2.40. The standard InChI is InChI=1S/C13H19NOS/c1-2-15-11-4-6-12(7-5-11)16-13(10-14)8-3-9-13/h4-7H,2-3,8-10,14H2,1H3. The molecule has 1 saturated carbocycles. The van der Waals surface area contributed by atoms with Crippen molar-refractivity contribution in [3.8, 4) is 5.75 Å². The molecule has 0 bridgehead atoms. The minimum absolute atomic E-state index is 0.313. The molecule has 0 unspecified atom stereocenters. The predicted molar refractivity (Wildman–Crippen MR) is 69.1 cm³/mol. The minimum atomic E-state index is 0.313. The summed E-state index contributed by atoms with van der Waals surface area (Å²) in [5.74, 6) is 0.947. The molecule has 0 radical (unpaired) electrons. The van der Waals surface area contributed by atoms with E-state index < -0.39 is 0 Å². The number of rotatable bonds is 5. The van der Waals surface area contributed by atoms with E-state index in [-0.39, 0.29) is 0 Å². The van der Waals surface area contributed by atoms with Crippen molar-refractivity contribution in [2.24, 2.45) is 5.73 Å². The highest BCUT2D eigenvalue weighted by Crippen LogP contribution is 2.46. The Morgan fingerprint density at radius 3 is 2.44 bits per heavy atom. The summed E-state index contributed by atoms with van der Waals surface area (Å²) in [6, 6.07) is 8.33. The van der Waals surface area contributed by atoms with Gasteiger partial charge in [0, 0.05) is 16.2 Å². The molecule has 0 atom stereocenters. The molecule has 1 aromatic carbocycles. The summed E-state index contributed by atoms with van der Waals surface area (Å²) in [4.78, 5) is 1.30. The molecule has 1 fully saturated rings. The van der Waals surface area contributed by atoms with Crippen molar-refractivity contribution < 1.29 is 4.74 Å². The summed E-state index contributed by atoms with van der Waals surface area (Å²) in [5.41, 5.74) is 5.85. The Labute approximate surface area is 102 Å². The second-order valence-corrected chi connectivity index (χ2v) is 5.79. The van der Waals surface area contributed by atoms with Gasteiger partial charge in [-0.15, -0.1) is 11.8 Å². The number of ether oxygens (including phenoxy) is 1. The summed E-state index contributed by atoms with van der Waals surface area (Å²) in [7, 11) is 0. The van der Waals surface area contributed by atoms with E-state index in [1.165, 1.54) is 24.2 Å². The van der Waals surface area contributed by atoms with Gasteiger partial charge >= 0.3 is 0 Å². The maximum atomic E-state index is 5.85. The van der Waals surface area contributed by atoms with Crippen molar-refractivity contribution >= 4 is 11.8 Å². The molecule has 0 spiro atoms. The number of hydrogen-bond donors (Lipinski definition) is 1. The van der Waals surface area contributed by atoms with Gasteiger partial charge in [0.15, 0.2) is 0 Å². The smallest absolute Gasteiger partial charge is 0.119 e. The van der Waals surface area contributed by atoms with Crippen LogP contribution in [0, 0.1) is 0 Å². The summed E-state index contributed by atoms with van der Waals surface area (Å²) in [5, 5.41) is 0. The van der Waals surface area contributed by atoms with Gasteiger partial charge < -0.3 is 10.5 Å². The van der Waals surface area contributed by atoms with Crippen LogP contribution in [-0.2, 0) is 0 Å². The fourth-order valence-electron chi connectivity index (χ4n) is 1.94. The lowest BCUT2D eigenvalue weighted by Crippen LogP contribution is -2.40. The van der Waals surface area contributed by atoms with Gasteiger partial charge in [0.2, 0.25) is 0 Å². The molecule has 1 aliphatic carbocycles. The van der Waals surface area contributed by atoms with Crippen LogP contribution in [0.5, 0.6) is 5.75 Å². The third-order valence-corrected chi connectivity index (χ3v) is 4.62. The Kier molecular flexibility index (Phi) is 3.77. The van der Waals surface area contributed by atoms with Crippen LogP contribution in [0.4, 0.5) is 0 Å². The van der Waals surface area contributed by atoms with Crippen molar-refractivity contribution in [1.82, 2.24) is 0 Å². The highest BCUT2D eigenvalue weighted by molar-refractivity contribution is 8.00. The van der Waals surface area contributed by atoms with Crippen LogP contribution in [0.25, 0.3) is 0 Å². The van der Waals surface area contributed by atoms with Crippen LogP contribution in [-0.4, -0.2) is 17.9 Å². The Morgan fingerprint density at radius 2 is 2.00 bits per heavy atom. The largest absolute Gasteiger partial charge is 0.494 e. The summed E-state index contributed by atoms with van der Waals surface area (Å²) < 4.78 is 5.74. The third-order valence-electron chi connectivity index (χ3n) is 3.11. The van der Waals surface area contributed by atoms with Crippen LogP contribution < -0.4 is 10.5 Å². The van der Waals surface area contributed by atoms with Crippen LogP contribution in [0.3, 0.4) is 0 Å². The average molecular weight is 237 g/mol. The Balaban J connectivity index is 1.99. The fourth-order valence-corrected chi connectivity index (χ4v) is 3.29. The van der Waals surface area contributed by atoms with E-state index in [9.17, 15) is 0 Å². The lowest BCUT2D eigenvalue weighted by molar-refractivity contribution is 0.340. The second kappa shape index (κ2) is 5.11. The molecule has 1 aliphatic rings. The first kappa shape index (κ1) is 11.8. The molecule has 0 aromatic heterocycles. The number of benzene rings is 1. The first-order chi connectivity index (χ1) is 7.78. The quantitative estimate of drug-likeness (QED) is 0.855. The minimum Gasteiger partial charge on any atom is -0.494 e. The van der Waals surface area contributed by atoms with E-state index in [2.05, 4.69) is 12.1 Å². The van der Waals surface area contributed by atoms with Crippen molar-refractivity contribution in [2.75, 3.05) is 13.2 Å². The van der Waals surface area contributed by atoms with Gasteiger partial charge in [-0.3, -0.25) is 0 Å². The van der Waals surface area contributed by atoms with Crippen LogP contribution in [0.1, 0.15) is 26.2 Å². The van der Waals surface area contributed by atoms with E-state index >= 15 is 0 Å². The Bertz CT molecular complexity index is 327. The van der Waals surface area contributed by atoms with E-state index in [4.69, 9.17) is 10.5 Å². The monoisotopic (exact) mass is 237 g/mol. The molecule has 0 heterocycles. The molecule has 3 heteroatoms. The molecule has 0 aliphatic heterocycles. The van der Waals surface area contributed by atoms with Crippen molar-refractivity contribution in [2.45, 2.75) is 35.8 Å². The van der Waals surface area contributed by atoms with E-state index in [1.54, 1.807) is 0 Å². The van der Waals surface area contributed by atoms with Gasteiger partial charge in [0.1, 0.15) is 5.75 Å². The highest BCUT2D eigenvalue weighted by Gasteiger charge is 2.36. The SMILES string of the molecule is CCOc1ccc(SC2(CN)CCC2)cc1. The molecule has 1 aromatic rings. The van der Waals surface area contributed by atoms with Gasteiger partial charge in [-0.05, 0) is 44.0 Å². The third kappa shape index (κ3) is 2.53. The predicted octanol–water partition coefficient (Wildman–Crippen LogP) is 3.06. The number of nitrogens with two attached hydrogens (primary N) is 1. The molecule has 2 rings (SSSR count). The molecule has 0 saturated heterocycles. The summed E-state index contributed by atoms with van der Waals surface area (Å²) >= 11 is 1.92. The fraction of sp³-hybridized carbons (Fsp3) is 0.538. The van der Waals surface area contributed by atoms with Gasteiger partial charge in [0.25, 0.3) is 0 Å². The van der Waals surface area contributed by atoms with Gasteiger partial charge in [0.05, 0.1) is 6.61 Å². The molecular weight excluding hydrogens is 218 g/mol. The van der Waals surface area contributed by atoms with E-state index in [1.807, 2.05) is 30.8 Å². The number of thioether (sulfide) groups is 1. The van der Waals surface area contributed by atoms with Gasteiger partial charge in [-0.2, -0.15) is 0 Å². The van der Waals surface area contributed by atoms with E-state index in [0.29, 0.717) is 4.75 Å². The Hall–Kier alpha value is -0.670. The maximum Gasteiger partial charge on any atom is 0.119 e. The number of hydrogen-bond acceptors (Lipinski definition) is 3. The van der Waals surface area contributed by atoms with Crippen LogP contribution in [0.15, 0.2) is 29.2 Å².